The SMILES string of the molecule is CC.COC(=O)c1cc(Cl)cc(Br)c1C. The molecule has 0 aliphatic rings. The van der Waals surface area contributed by atoms with Crippen molar-refractivity contribution in [2.45, 2.75) is 20.8 Å². The van der Waals surface area contributed by atoms with Crippen LogP contribution in [-0.2, 0) is 4.74 Å². The zero-order valence-corrected chi connectivity index (χ0v) is 11.6. The molecule has 0 heterocycles. The summed E-state index contributed by atoms with van der Waals surface area (Å²) in [6, 6.07) is 3.33. The lowest BCUT2D eigenvalue weighted by atomic mass is 10.1. The molecule has 2 nitrogen and oxygen atoms in total. The van der Waals surface area contributed by atoms with Gasteiger partial charge in [0, 0.05) is 9.50 Å². The van der Waals surface area contributed by atoms with Crippen LogP contribution in [0.4, 0.5) is 0 Å². The predicted octanol–water partition coefficient (Wildman–Crippen LogP) is 4.22. The zero-order chi connectivity index (χ0) is 12.0. The summed E-state index contributed by atoms with van der Waals surface area (Å²) in [5.41, 5.74) is 1.32. The van der Waals surface area contributed by atoms with Gasteiger partial charge >= 0.3 is 5.97 Å². The Hall–Kier alpha value is -0.540. The number of hydrogen-bond acceptors (Lipinski definition) is 2. The van der Waals surface area contributed by atoms with Crippen molar-refractivity contribution in [3.63, 3.8) is 0 Å². The summed E-state index contributed by atoms with van der Waals surface area (Å²) in [5.74, 6) is -0.374. The molecule has 0 aliphatic heterocycles. The fourth-order valence-corrected chi connectivity index (χ4v) is 1.78. The van der Waals surface area contributed by atoms with Gasteiger partial charge in [-0.2, -0.15) is 0 Å². The van der Waals surface area contributed by atoms with Gasteiger partial charge in [-0.15, -0.1) is 0 Å². The number of esters is 1. The molecule has 0 bridgehead atoms. The zero-order valence-electron chi connectivity index (χ0n) is 9.23. The second-order valence-electron chi connectivity index (χ2n) is 2.55. The van der Waals surface area contributed by atoms with Gasteiger partial charge in [0.05, 0.1) is 12.7 Å². The van der Waals surface area contributed by atoms with E-state index in [0.717, 1.165) is 10.0 Å². The van der Waals surface area contributed by atoms with E-state index in [1.165, 1.54) is 7.11 Å². The van der Waals surface area contributed by atoms with E-state index in [1.807, 2.05) is 20.8 Å². The molecule has 1 rings (SSSR count). The van der Waals surface area contributed by atoms with Crippen molar-refractivity contribution in [2.24, 2.45) is 0 Å². The molecule has 0 fully saturated rings. The van der Waals surface area contributed by atoms with Crippen molar-refractivity contribution in [3.05, 3.63) is 32.8 Å². The highest BCUT2D eigenvalue weighted by Crippen LogP contribution is 2.25. The van der Waals surface area contributed by atoms with Gasteiger partial charge in [0.25, 0.3) is 0 Å². The minimum absolute atomic E-state index is 0.374. The maximum Gasteiger partial charge on any atom is 0.338 e. The molecule has 4 heteroatoms. The van der Waals surface area contributed by atoms with Gasteiger partial charge in [-0.3, -0.25) is 0 Å². The fourth-order valence-electron chi connectivity index (χ4n) is 0.968. The molecular weight excluding hydrogens is 279 g/mol. The van der Waals surface area contributed by atoms with Crippen molar-refractivity contribution in [3.8, 4) is 0 Å². The van der Waals surface area contributed by atoms with E-state index in [0.29, 0.717) is 10.6 Å². The van der Waals surface area contributed by atoms with Crippen LogP contribution in [0, 0.1) is 6.92 Å². The minimum Gasteiger partial charge on any atom is -0.465 e. The van der Waals surface area contributed by atoms with E-state index >= 15 is 0 Å². The smallest absolute Gasteiger partial charge is 0.338 e. The highest BCUT2D eigenvalue weighted by atomic mass is 79.9. The highest BCUT2D eigenvalue weighted by Gasteiger charge is 2.12. The highest BCUT2D eigenvalue weighted by molar-refractivity contribution is 9.10. The molecule has 0 saturated carbocycles. The Morgan fingerprint density at radius 2 is 1.93 bits per heavy atom. The van der Waals surface area contributed by atoms with E-state index in [4.69, 9.17) is 11.6 Å². The lowest BCUT2D eigenvalue weighted by Gasteiger charge is -2.06. The average Bonchev–Trinajstić information content (AvgIpc) is 2.25. The van der Waals surface area contributed by atoms with E-state index in [2.05, 4.69) is 20.7 Å². The summed E-state index contributed by atoms with van der Waals surface area (Å²) in [6.45, 7) is 5.83. The van der Waals surface area contributed by atoms with Crippen molar-refractivity contribution in [2.75, 3.05) is 7.11 Å². The van der Waals surface area contributed by atoms with Crippen LogP contribution in [-0.4, -0.2) is 13.1 Å². The predicted molar refractivity (Wildman–Crippen MR) is 66.6 cm³/mol. The Kier molecular flexibility index (Phi) is 6.61. The molecule has 1 aromatic carbocycles. The largest absolute Gasteiger partial charge is 0.465 e. The number of halogens is 2. The number of rotatable bonds is 1. The standard InChI is InChI=1S/C9H8BrClO2.C2H6/c1-5-7(9(12)13-2)3-6(11)4-8(5)10;1-2/h3-4H,1-2H3;1-2H3. The molecule has 0 radical (unpaired) electrons. The second kappa shape index (κ2) is 6.85. The molecule has 0 saturated heterocycles. The summed E-state index contributed by atoms with van der Waals surface area (Å²) in [5, 5.41) is 0.512. The van der Waals surface area contributed by atoms with E-state index in [-0.39, 0.29) is 5.97 Å². The van der Waals surface area contributed by atoms with Crippen LogP contribution >= 0.6 is 27.5 Å². The third-order valence-electron chi connectivity index (χ3n) is 1.71. The van der Waals surface area contributed by atoms with Gasteiger partial charge in [-0.1, -0.05) is 41.4 Å². The number of ether oxygens (including phenoxy) is 1. The van der Waals surface area contributed by atoms with Crippen LogP contribution < -0.4 is 0 Å². The number of hydrogen-bond donors (Lipinski definition) is 0. The van der Waals surface area contributed by atoms with Crippen LogP contribution in [0.15, 0.2) is 16.6 Å². The molecule has 0 unspecified atom stereocenters. The summed E-state index contributed by atoms with van der Waals surface area (Å²) >= 11 is 9.09. The monoisotopic (exact) mass is 292 g/mol. The molecule has 0 aromatic heterocycles. The summed E-state index contributed by atoms with van der Waals surface area (Å²) in [6.07, 6.45) is 0. The van der Waals surface area contributed by atoms with Crippen molar-refractivity contribution in [1.82, 2.24) is 0 Å². The van der Waals surface area contributed by atoms with Gasteiger partial charge in [0.2, 0.25) is 0 Å². The van der Waals surface area contributed by atoms with Crippen molar-refractivity contribution in [1.29, 1.82) is 0 Å². The maximum absolute atomic E-state index is 11.2. The van der Waals surface area contributed by atoms with E-state index in [1.54, 1.807) is 12.1 Å². The Bertz CT molecular complexity index is 351. The van der Waals surface area contributed by atoms with Crippen LogP contribution in [0.5, 0.6) is 0 Å². The number of carbonyl (C=O) groups excluding carboxylic acids is 1. The second-order valence-corrected chi connectivity index (χ2v) is 3.84. The van der Waals surface area contributed by atoms with Gasteiger partial charge in [0.1, 0.15) is 0 Å². The Balaban J connectivity index is 0.000000921. The molecular formula is C11H14BrClO2. The Labute approximate surface area is 104 Å². The first kappa shape index (κ1) is 14.5. The molecule has 0 amide bonds. The Morgan fingerprint density at radius 1 is 1.40 bits per heavy atom. The maximum atomic E-state index is 11.2. The first-order valence-corrected chi connectivity index (χ1v) is 5.77. The summed E-state index contributed by atoms with van der Waals surface area (Å²) in [4.78, 5) is 11.2. The van der Waals surface area contributed by atoms with Gasteiger partial charge in [0.15, 0.2) is 0 Å². The number of methoxy groups -OCH3 is 1. The quantitative estimate of drug-likeness (QED) is 0.725. The molecule has 15 heavy (non-hydrogen) atoms. The van der Waals surface area contributed by atoms with Crippen LogP contribution in [0.25, 0.3) is 0 Å². The van der Waals surface area contributed by atoms with E-state index < -0.39 is 0 Å². The Morgan fingerprint density at radius 3 is 2.40 bits per heavy atom. The van der Waals surface area contributed by atoms with Crippen molar-refractivity contribution >= 4 is 33.5 Å². The van der Waals surface area contributed by atoms with Gasteiger partial charge < -0.3 is 4.74 Å². The first-order valence-electron chi connectivity index (χ1n) is 4.60. The normalized spacial score (nSPS) is 8.93. The fraction of sp³-hybridized carbons (Fsp3) is 0.364. The topological polar surface area (TPSA) is 26.3 Å². The molecule has 0 atom stereocenters. The average molecular weight is 294 g/mol. The third-order valence-corrected chi connectivity index (χ3v) is 2.76. The lowest BCUT2D eigenvalue weighted by molar-refractivity contribution is 0.0600. The molecule has 1 aromatic rings. The summed E-state index contributed by atoms with van der Waals surface area (Å²) < 4.78 is 5.41. The van der Waals surface area contributed by atoms with E-state index in [9.17, 15) is 4.79 Å². The van der Waals surface area contributed by atoms with Gasteiger partial charge in [-0.25, -0.2) is 4.79 Å². The molecule has 0 spiro atoms. The first-order chi connectivity index (χ1) is 7.06. The van der Waals surface area contributed by atoms with Gasteiger partial charge in [-0.05, 0) is 24.6 Å². The lowest BCUT2D eigenvalue weighted by Crippen LogP contribution is -2.04. The number of carbonyl (C=O) groups is 1. The van der Waals surface area contributed by atoms with Crippen LogP contribution in [0.2, 0.25) is 5.02 Å². The van der Waals surface area contributed by atoms with Crippen LogP contribution in [0.3, 0.4) is 0 Å². The van der Waals surface area contributed by atoms with Crippen LogP contribution in [0.1, 0.15) is 29.8 Å². The molecule has 0 N–H and O–H groups in total. The number of benzene rings is 1. The van der Waals surface area contributed by atoms with Crippen molar-refractivity contribution < 1.29 is 9.53 Å². The minimum atomic E-state index is -0.374. The summed E-state index contributed by atoms with van der Waals surface area (Å²) in [7, 11) is 1.34. The molecule has 0 aliphatic carbocycles. The molecule has 84 valence electrons. The third kappa shape index (κ3) is 3.84.